The summed E-state index contributed by atoms with van der Waals surface area (Å²) in [5, 5.41) is 10.3. The third-order valence-electron chi connectivity index (χ3n) is 4.44. The Kier molecular flexibility index (Phi) is 3.62. The number of hydrogen-bond donors (Lipinski definition) is 1. The standard InChI is InChI=1S/C16H23NO3S/c1-12(2)9-13-3-7-15(8-4-13)21(19,20)17-10-16(18,11-17)14-5-6-14/h3-4,7-8,12,14,18H,5-6,9-11H2,1-2H3. The minimum Gasteiger partial charge on any atom is -0.387 e. The first-order valence-corrected chi connectivity index (χ1v) is 9.07. The van der Waals surface area contributed by atoms with Crippen LogP contribution < -0.4 is 0 Å². The molecule has 0 unspecified atom stereocenters. The summed E-state index contributed by atoms with van der Waals surface area (Å²) in [5.41, 5.74) is 0.382. The van der Waals surface area contributed by atoms with Crippen molar-refractivity contribution in [3.05, 3.63) is 29.8 Å². The van der Waals surface area contributed by atoms with Crippen molar-refractivity contribution in [1.82, 2.24) is 4.31 Å². The summed E-state index contributed by atoms with van der Waals surface area (Å²) >= 11 is 0. The lowest BCUT2D eigenvalue weighted by atomic mass is 9.91. The van der Waals surface area contributed by atoms with E-state index in [9.17, 15) is 13.5 Å². The molecule has 1 heterocycles. The van der Waals surface area contributed by atoms with Gasteiger partial charge in [-0.15, -0.1) is 0 Å². The van der Waals surface area contributed by atoms with Gasteiger partial charge in [0.25, 0.3) is 0 Å². The lowest BCUT2D eigenvalue weighted by molar-refractivity contribution is -0.0764. The predicted molar refractivity (Wildman–Crippen MR) is 81.4 cm³/mol. The molecule has 0 amide bonds. The molecule has 0 radical (unpaired) electrons. The Morgan fingerprint density at radius 3 is 2.29 bits per heavy atom. The van der Waals surface area contributed by atoms with Gasteiger partial charge in [-0.3, -0.25) is 0 Å². The molecule has 2 fully saturated rings. The van der Waals surface area contributed by atoms with E-state index in [2.05, 4.69) is 13.8 Å². The van der Waals surface area contributed by atoms with Crippen LogP contribution in [0.1, 0.15) is 32.3 Å². The minimum atomic E-state index is -3.45. The topological polar surface area (TPSA) is 57.6 Å². The van der Waals surface area contributed by atoms with Crippen LogP contribution in [0.25, 0.3) is 0 Å². The molecule has 0 atom stereocenters. The first-order chi connectivity index (χ1) is 9.81. The normalized spacial score (nSPS) is 22.3. The Balaban J connectivity index is 1.70. The van der Waals surface area contributed by atoms with Gasteiger partial charge >= 0.3 is 0 Å². The number of benzene rings is 1. The van der Waals surface area contributed by atoms with Crippen LogP contribution in [0.2, 0.25) is 0 Å². The second-order valence-corrected chi connectivity index (χ2v) is 8.83. The lowest BCUT2D eigenvalue weighted by Gasteiger charge is -2.45. The summed E-state index contributed by atoms with van der Waals surface area (Å²) in [6, 6.07) is 7.14. The Hall–Kier alpha value is -0.910. The molecule has 1 N–H and O–H groups in total. The van der Waals surface area contributed by atoms with Gasteiger partial charge in [-0.2, -0.15) is 4.31 Å². The van der Waals surface area contributed by atoms with Crippen molar-refractivity contribution in [2.75, 3.05) is 13.1 Å². The van der Waals surface area contributed by atoms with Gasteiger partial charge in [0.2, 0.25) is 10.0 Å². The predicted octanol–water partition coefficient (Wildman–Crippen LogP) is 2.03. The van der Waals surface area contributed by atoms with Gasteiger partial charge < -0.3 is 5.11 Å². The van der Waals surface area contributed by atoms with Crippen molar-refractivity contribution < 1.29 is 13.5 Å². The van der Waals surface area contributed by atoms with Crippen LogP contribution in [0.3, 0.4) is 0 Å². The number of hydrogen-bond acceptors (Lipinski definition) is 3. The Bertz CT molecular complexity index is 611. The van der Waals surface area contributed by atoms with Gasteiger partial charge in [-0.25, -0.2) is 8.42 Å². The van der Waals surface area contributed by atoms with E-state index >= 15 is 0 Å². The summed E-state index contributed by atoms with van der Waals surface area (Å²) in [5.74, 6) is 0.855. The number of β-amino-alcohol motifs (C(OH)–C–C–N with tert-alkyl or cyclic N) is 1. The fourth-order valence-electron chi connectivity index (χ4n) is 3.03. The van der Waals surface area contributed by atoms with Crippen molar-refractivity contribution in [3.63, 3.8) is 0 Å². The van der Waals surface area contributed by atoms with Crippen LogP contribution in [0.5, 0.6) is 0 Å². The van der Waals surface area contributed by atoms with Crippen LogP contribution in [-0.4, -0.2) is 36.5 Å². The molecule has 3 rings (SSSR count). The molecule has 0 aromatic heterocycles. The lowest BCUT2D eigenvalue weighted by Crippen LogP contribution is -2.64. The largest absolute Gasteiger partial charge is 0.387 e. The monoisotopic (exact) mass is 309 g/mol. The van der Waals surface area contributed by atoms with Gasteiger partial charge in [0.05, 0.1) is 10.5 Å². The van der Waals surface area contributed by atoms with Crippen LogP contribution >= 0.6 is 0 Å². The van der Waals surface area contributed by atoms with Gasteiger partial charge in [-0.1, -0.05) is 26.0 Å². The second-order valence-electron chi connectivity index (χ2n) is 6.89. The molecule has 0 spiro atoms. The highest BCUT2D eigenvalue weighted by molar-refractivity contribution is 7.89. The molecule has 1 aliphatic heterocycles. The van der Waals surface area contributed by atoms with Gasteiger partial charge in [0.15, 0.2) is 0 Å². The maximum Gasteiger partial charge on any atom is 0.243 e. The third-order valence-corrected chi connectivity index (χ3v) is 6.25. The molecular weight excluding hydrogens is 286 g/mol. The van der Waals surface area contributed by atoms with Crippen molar-refractivity contribution in [2.24, 2.45) is 11.8 Å². The highest BCUT2D eigenvalue weighted by atomic mass is 32.2. The fourth-order valence-corrected chi connectivity index (χ4v) is 4.60. The molecule has 0 bridgehead atoms. The second kappa shape index (κ2) is 5.07. The van der Waals surface area contributed by atoms with Gasteiger partial charge in [0, 0.05) is 13.1 Å². The maximum absolute atomic E-state index is 12.5. The number of rotatable bonds is 5. The Morgan fingerprint density at radius 2 is 1.81 bits per heavy atom. The van der Waals surface area contributed by atoms with Crippen molar-refractivity contribution >= 4 is 10.0 Å². The quantitative estimate of drug-likeness (QED) is 0.905. The van der Waals surface area contributed by atoms with E-state index in [1.807, 2.05) is 12.1 Å². The Labute approximate surface area is 126 Å². The van der Waals surface area contributed by atoms with E-state index < -0.39 is 15.6 Å². The van der Waals surface area contributed by atoms with E-state index in [0.717, 1.165) is 24.8 Å². The third kappa shape index (κ3) is 2.87. The first kappa shape index (κ1) is 15.0. The van der Waals surface area contributed by atoms with Crippen molar-refractivity contribution in [3.8, 4) is 0 Å². The maximum atomic E-state index is 12.5. The highest BCUT2D eigenvalue weighted by Gasteiger charge is 2.55. The van der Waals surface area contributed by atoms with Crippen LogP contribution in [-0.2, 0) is 16.4 Å². The molecule has 21 heavy (non-hydrogen) atoms. The number of sulfonamides is 1. The van der Waals surface area contributed by atoms with Gasteiger partial charge in [0.1, 0.15) is 0 Å². The molecule has 1 aliphatic carbocycles. The van der Waals surface area contributed by atoms with E-state index in [4.69, 9.17) is 0 Å². The van der Waals surface area contributed by atoms with Crippen LogP contribution in [0, 0.1) is 11.8 Å². The highest BCUT2D eigenvalue weighted by Crippen LogP contribution is 2.45. The van der Waals surface area contributed by atoms with Crippen molar-refractivity contribution in [1.29, 1.82) is 0 Å². The summed E-state index contributed by atoms with van der Waals surface area (Å²) in [6.45, 7) is 4.77. The SMILES string of the molecule is CC(C)Cc1ccc(S(=O)(=O)N2CC(O)(C3CC3)C2)cc1. The summed E-state index contributed by atoms with van der Waals surface area (Å²) in [4.78, 5) is 0.327. The fraction of sp³-hybridized carbons (Fsp3) is 0.625. The molecule has 116 valence electrons. The number of nitrogens with zero attached hydrogens (tertiary/aromatic N) is 1. The van der Waals surface area contributed by atoms with E-state index in [-0.39, 0.29) is 13.1 Å². The van der Waals surface area contributed by atoms with E-state index in [1.165, 1.54) is 4.31 Å². The smallest absolute Gasteiger partial charge is 0.243 e. The summed E-state index contributed by atoms with van der Waals surface area (Å²) in [7, 11) is -3.45. The molecule has 1 saturated carbocycles. The zero-order chi connectivity index (χ0) is 15.3. The molecular formula is C16H23NO3S. The molecule has 1 saturated heterocycles. The van der Waals surface area contributed by atoms with Crippen LogP contribution in [0.4, 0.5) is 0 Å². The molecule has 2 aliphatic rings. The van der Waals surface area contributed by atoms with Crippen LogP contribution in [0.15, 0.2) is 29.2 Å². The molecule has 5 heteroatoms. The molecule has 1 aromatic rings. The van der Waals surface area contributed by atoms with E-state index in [0.29, 0.717) is 16.7 Å². The first-order valence-electron chi connectivity index (χ1n) is 7.63. The van der Waals surface area contributed by atoms with Crippen molar-refractivity contribution in [2.45, 2.75) is 43.6 Å². The average molecular weight is 309 g/mol. The molecule has 4 nitrogen and oxygen atoms in total. The summed E-state index contributed by atoms with van der Waals surface area (Å²) in [6.07, 6.45) is 2.99. The minimum absolute atomic E-state index is 0.244. The average Bonchev–Trinajstić information content (AvgIpc) is 3.19. The Morgan fingerprint density at radius 1 is 1.24 bits per heavy atom. The zero-order valence-corrected chi connectivity index (χ0v) is 13.4. The number of aliphatic hydroxyl groups is 1. The zero-order valence-electron chi connectivity index (χ0n) is 12.6. The molecule has 1 aromatic carbocycles. The van der Waals surface area contributed by atoms with Gasteiger partial charge in [-0.05, 0) is 48.8 Å². The van der Waals surface area contributed by atoms with E-state index in [1.54, 1.807) is 12.1 Å². The summed E-state index contributed by atoms with van der Waals surface area (Å²) < 4.78 is 26.4.